The highest BCUT2D eigenvalue weighted by Crippen LogP contribution is 2.15. The zero-order valence-electron chi connectivity index (χ0n) is 44.4. The summed E-state index contributed by atoms with van der Waals surface area (Å²) in [6.45, 7) is 6.57. The van der Waals surface area contributed by atoms with Gasteiger partial charge in [0.2, 0.25) is 0 Å². The van der Waals surface area contributed by atoms with Crippen molar-refractivity contribution in [3.8, 4) is 0 Å². The molecule has 67 heavy (non-hydrogen) atoms. The Morgan fingerprint density at radius 1 is 0.299 bits per heavy atom. The van der Waals surface area contributed by atoms with E-state index in [2.05, 4.69) is 81.5 Å². The summed E-state index contributed by atoms with van der Waals surface area (Å²) in [6.07, 6.45) is 69.3. The molecular formula is C61H108O6. The second-order valence-electron chi connectivity index (χ2n) is 19.2. The summed E-state index contributed by atoms with van der Waals surface area (Å²) in [6, 6.07) is 0. The van der Waals surface area contributed by atoms with Gasteiger partial charge >= 0.3 is 17.9 Å². The van der Waals surface area contributed by atoms with Crippen molar-refractivity contribution < 1.29 is 28.6 Å². The molecule has 0 fully saturated rings. The van der Waals surface area contributed by atoms with E-state index in [1.165, 1.54) is 167 Å². The molecule has 6 nitrogen and oxygen atoms in total. The lowest BCUT2D eigenvalue weighted by molar-refractivity contribution is -0.167. The van der Waals surface area contributed by atoms with Gasteiger partial charge in [0.15, 0.2) is 6.10 Å². The number of allylic oxidation sites excluding steroid dienone is 10. The van der Waals surface area contributed by atoms with Gasteiger partial charge in [0.25, 0.3) is 0 Å². The van der Waals surface area contributed by atoms with Crippen LogP contribution in [0.4, 0.5) is 0 Å². The van der Waals surface area contributed by atoms with E-state index in [0.29, 0.717) is 19.3 Å². The van der Waals surface area contributed by atoms with Gasteiger partial charge < -0.3 is 14.2 Å². The summed E-state index contributed by atoms with van der Waals surface area (Å²) in [5.41, 5.74) is 0. The number of hydrogen-bond donors (Lipinski definition) is 0. The predicted octanol–water partition coefficient (Wildman–Crippen LogP) is 19.2. The molecule has 0 bridgehead atoms. The molecule has 0 amide bonds. The normalized spacial score (nSPS) is 12.5. The van der Waals surface area contributed by atoms with Gasteiger partial charge in [0.05, 0.1) is 0 Å². The van der Waals surface area contributed by atoms with Gasteiger partial charge in [-0.15, -0.1) is 0 Å². The maximum Gasteiger partial charge on any atom is 0.306 e. The van der Waals surface area contributed by atoms with Crippen LogP contribution in [0.25, 0.3) is 0 Å². The Hall–Kier alpha value is -2.89. The molecule has 0 aliphatic rings. The lowest BCUT2D eigenvalue weighted by atomic mass is 10.0. The molecule has 0 unspecified atom stereocenters. The molecule has 0 aromatic carbocycles. The fourth-order valence-electron chi connectivity index (χ4n) is 8.09. The van der Waals surface area contributed by atoms with Crippen molar-refractivity contribution in [3.63, 3.8) is 0 Å². The topological polar surface area (TPSA) is 78.9 Å². The number of carbonyl (C=O) groups is 3. The van der Waals surface area contributed by atoms with E-state index in [9.17, 15) is 14.4 Å². The van der Waals surface area contributed by atoms with Crippen molar-refractivity contribution in [1.82, 2.24) is 0 Å². The van der Waals surface area contributed by atoms with Crippen molar-refractivity contribution in [1.29, 1.82) is 0 Å². The van der Waals surface area contributed by atoms with Crippen molar-refractivity contribution in [2.45, 2.75) is 297 Å². The molecule has 0 aromatic rings. The third-order valence-corrected chi connectivity index (χ3v) is 12.5. The average Bonchev–Trinajstić information content (AvgIpc) is 3.33. The summed E-state index contributed by atoms with van der Waals surface area (Å²) in [7, 11) is 0. The third-order valence-electron chi connectivity index (χ3n) is 12.5. The summed E-state index contributed by atoms with van der Waals surface area (Å²) >= 11 is 0. The molecule has 0 saturated carbocycles. The van der Waals surface area contributed by atoms with Crippen LogP contribution in [-0.2, 0) is 28.6 Å². The molecule has 0 aliphatic heterocycles. The van der Waals surface area contributed by atoms with Gasteiger partial charge in [-0.1, -0.05) is 223 Å². The maximum absolute atomic E-state index is 12.8. The quantitative estimate of drug-likeness (QED) is 0.0262. The minimum atomic E-state index is -0.793. The average molecular weight is 938 g/mol. The van der Waals surface area contributed by atoms with Crippen LogP contribution in [0, 0.1) is 0 Å². The highest BCUT2D eigenvalue weighted by atomic mass is 16.6. The molecular weight excluding hydrogens is 829 g/mol. The van der Waals surface area contributed by atoms with Crippen molar-refractivity contribution in [2.24, 2.45) is 0 Å². The first-order valence-electron chi connectivity index (χ1n) is 28.8. The summed E-state index contributed by atoms with van der Waals surface area (Å²) in [5.74, 6) is -0.929. The third kappa shape index (κ3) is 53.9. The number of rotatable bonds is 52. The fourth-order valence-corrected chi connectivity index (χ4v) is 8.09. The van der Waals surface area contributed by atoms with E-state index in [-0.39, 0.29) is 31.1 Å². The molecule has 0 radical (unpaired) electrons. The fraction of sp³-hybridized carbons (Fsp3) is 0.787. The van der Waals surface area contributed by atoms with Crippen LogP contribution in [0.1, 0.15) is 290 Å². The standard InChI is InChI=1S/C61H108O6/c1-4-7-10-13-16-19-22-25-27-28-29-30-31-32-34-37-39-42-45-48-51-54-60(63)66-57-58(67-61(64)55-52-49-46-43-40-35-24-21-18-15-12-9-6-3)56-65-59(62)53-50-47-44-41-38-36-33-26-23-20-17-14-11-8-5-2/h17,20-21,24-27,33,38,41,58H,4-16,18-19,22-23,28-32,34-37,39-40,42-57H2,1-3H3/b20-17-,24-21-,27-25-,33-26-,41-38-/t58-/m1/s1. The highest BCUT2D eigenvalue weighted by Gasteiger charge is 2.19. The number of carbonyl (C=O) groups excluding carboxylic acids is 3. The van der Waals surface area contributed by atoms with Crippen LogP contribution in [0.2, 0.25) is 0 Å². The molecule has 0 saturated heterocycles. The van der Waals surface area contributed by atoms with E-state index in [1.54, 1.807) is 0 Å². The minimum Gasteiger partial charge on any atom is -0.462 e. The Balaban J connectivity index is 4.36. The Labute approximate surface area is 415 Å². The van der Waals surface area contributed by atoms with Crippen LogP contribution in [0.3, 0.4) is 0 Å². The minimum absolute atomic E-state index is 0.0889. The molecule has 0 rings (SSSR count). The van der Waals surface area contributed by atoms with Crippen LogP contribution in [0.15, 0.2) is 60.8 Å². The first kappa shape index (κ1) is 64.1. The molecule has 6 heteroatoms. The van der Waals surface area contributed by atoms with Gasteiger partial charge in [-0.25, -0.2) is 0 Å². The smallest absolute Gasteiger partial charge is 0.306 e. The SMILES string of the molecule is CCCCC/C=C\C/C=C\C/C=C\CCCCC(=O)OC[C@H](COC(=O)CCCCCCCCCCCCC/C=C\CCCCCCCC)OC(=O)CCCCCCC/C=C\CCCCCC. The van der Waals surface area contributed by atoms with E-state index in [0.717, 1.165) is 83.5 Å². The van der Waals surface area contributed by atoms with Gasteiger partial charge in [-0.05, 0) is 109 Å². The second-order valence-corrected chi connectivity index (χ2v) is 19.2. The Morgan fingerprint density at radius 2 is 0.537 bits per heavy atom. The summed E-state index contributed by atoms with van der Waals surface area (Å²) in [4.78, 5) is 38.1. The maximum atomic E-state index is 12.8. The predicted molar refractivity (Wildman–Crippen MR) is 288 cm³/mol. The van der Waals surface area contributed by atoms with E-state index >= 15 is 0 Å². The summed E-state index contributed by atoms with van der Waals surface area (Å²) < 4.78 is 16.8. The van der Waals surface area contributed by atoms with Crippen LogP contribution < -0.4 is 0 Å². The molecule has 0 aromatic heterocycles. The number of esters is 3. The van der Waals surface area contributed by atoms with Gasteiger partial charge in [0, 0.05) is 19.3 Å². The lowest BCUT2D eigenvalue weighted by Crippen LogP contribution is -2.30. The van der Waals surface area contributed by atoms with Crippen molar-refractivity contribution >= 4 is 17.9 Å². The van der Waals surface area contributed by atoms with Crippen molar-refractivity contribution in [3.05, 3.63) is 60.8 Å². The molecule has 388 valence electrons. The largest absolute Gasteiger partial charge is 0.462 e. The van der Waals surface area contributed by atoms with Gasteiger partial charge in [0.1, 0.15) is 13.2 Å². The van der Waals surface area contributed by atoms with E-state index in [1.807, 2.05) is 0 Å². The second kappa shape index (κ2) is 55.7. The first-order chi connectivity index (χ1) is 33.0. The summed E-state index contributed by atoms with van der Waals surface area (Å²) in [5, 5.41) is 0. The van der Waals surface area contributed by atoms with E-state index in [4.69, 9.17) is 14.2 Å². The number of unbranched alkanes of at least 4 members (excludes halogenated alkanes) is 31. The molecule has 0 aliphatic carbocycles. The molecule has 0 heterocycles. The van der Waals surface area contributed by atoms with Crippen LogP contribution in [-0.4, -0.2) is 37.2 Å². The van der Waals surface area contributed by atoms with Crippen LogP contribution in [0.5, 0.6) is 0 Å². The lowest BCUT2D eigenvalue weighted by Gasteiger charge is -2.18. The molecule has 0 spiro atoms. The zero-order chi connectivity index (χ0) is 48.6. The van der Waals surface area contributed by atoms with E-state index < -0.39 is 6.10 Å². The number of hydrogen-bond acceptors (Lipinski definition) is 6. The van der Waals surface area contributed by atoms with Gasteiger partial charge in [-0.3, -0.25) is 14.4 Å². The van der Waals surface area contributed by atoms with Crippen molar-refractivity contribution in [2.75, 3.05) is 13.2 Å². The monoisotopic (exact) mass is 937 g/mol. The molecule has 0 N–H and O–H groups in total. The Bertz CT molecular complexity index is 1210. The number of ether oxygens (including phenoxy) is 3. The zero-order valence-corrected chi connectivity index (χ0v) is 44.4. The Kier molecular flexibility index (Phi) is 53.3. The van der Waals surface area contributed by atoms with Gasteiger partial charge in [-0.2, -0.15) is 0 Å². The first-order valence-corrected chi connectivity index (χ1v) is 28.8. The molecule has 1 atom stereocenters. The van der Waals surface area contributed by atoms with Crippen LogP contribution >= 0.6 is 0 Å². The highest BCUT2D eigenvalue weighted by molar-refractivity contribution is 5.71. The Morgan fingerprint density at radius 3 is 0.925 bits per heavy atom.